The zero-order valence-electron chi connectivity index (χ0n) is 14.0. The van der Waals surface area contributed by atoms with E-state index < -0.39 is 6.10 Å². The molecule has 24 heavy (non-hydrogen) atoms. The molecule has 1 saturated heterocycles. The number of aliphatic hydroxyl groups excluding tert-OH is 1. The van der Waals surface area contributed by atoms with Gasteiger partial charge in [0.15, 0.2) is 5.76 Å². The molecule has 1 fully saturated rings. The number of likely N-dealkylation sites (tertiary alicyclic amines) is 1. The minimum Gasteiger partial charge on any atom is -0.456 e. The molecule has 0 radical (unpaired) electrons. The van der Waals surface area contributed by atoms with E-state index in [-0.39, 0.29) is 11.8 Å². The van der Waals surface area contributed by atoms with E-state index in [1.165, 1.54) is 0 Å². The van der Waals surface area contributed by atoms with Crippen LogP contribution in [0.4, 0.5) is 0 Å². The number of nitrogens with zero attached hydrogens (tertiary/aromatic N) is 1. The van der Waals surface area contributed by atoms with Gasteiger partial charge >= 0.3 is 0 Å². The fourth-order valence-corrected chi connectivity index (χ4v) is 3.47. The summed E-state index contributed by atoms with van der Waals surface area (Å²) in [7, 11) is 0. The highest BCUT2D eigenvalue weighted by atomic mass is 35.5. The molecule has 1 aliphatic heterocycles. The van der Waals surface area contributed by atoms with E-state index in [9.17, 15) is 9.90 Å². The first-order valence-electron chi connectivity index (χ1n) is 8.25. The van der Waals surface area contributed by atoms with E-state index in [0.29, 0.717) is 23.9 Å². The predicted octanol–water partition coefficient (Wildman–Crippen LogP) is 4.14. The molecule has 1 aromatic carbocycles. The van der Waals surface area contributed by atoms with Gasteiger partial charge in [0.05, 0.1) is 6.10 Å². The Kier molecular flexibility index (Phi) is 4.97. The molecule has 3 rings (SSSR count). The molecule has 2 heterocycles. The third-order valence-corrected chi connectivity index (χ3v) is 4.97. The molecule has 1 amide bonds. The second kappa shape index (κ2) is 6.99. The van der Waals surface area contributed by atoms with Crippen molar-refractivity contribution in [3.05, 3.63) is 58.0 Å². The second-order valence-electron chi connectivity index (χ2n) is 6.50. The highest BCUT2D eigenvalue weighted by Crippen LogP contribution is 2.32. The Morgan fingerprint density at radius 1 is 1.25 bits per heavy atom. The number of benzene rings is 1. The van der Waals surface area contributed by atoms with Gasteiger partial charge < -0.3 is 14.4 Å². The maximum absolute atomic E-state index is 12.6. The first-order valence-corrected chi connectivity index (χ1v) is 8.63. The standard InChI is InChI=1S/C19H22ClNO3/c1-12-11-13(2)24-18(12)19(23)21-9-7-15(8-10-21)17(22)14-3-5-16(20)6-4-14/h3-6,11,15,17,22H,7-10H2,1-2H3. The maximum Gasteiger partial charge on any atom is 0.289 e. The number of aliphatic hydroxyl groups is 1. The van der Waals surface area contributed by atoms with Gasteiger partial charge in [-0.3, -0.25) is 4.79 Å². The number of halogens is 1. The third-order valence-electron chi connectivity index (χ3n) is 4.72. The summed E-state index contributed by atoms with van der Waals surface area (Å²) < 4.78 is 5.53. The molecule has 1 aromatic heterocycles. The van der Waals surface area contributed by atoms with Gasteiger partial charge in [-0.25, -0.2) is 0 Å². The number of piperidine rings is 1. The number of hydrogen-bond acceptors (Lipinski definition) is 3. The van der Waals surface area contributed by atoms with Gasteiger partial charge in [0, 0.05) is 23.7 Å². The van der Waals surface area contributed by atoms with Gasteiger partial charge in [0.2, 0.25) is 0 Å². The van der Waals surface area contributed by atoms with Crippen LogP contribution < -0.4 is 0 Å². The van der Waals surface area contributed by atoms with Crippen LogP contribution in [0.2, 0.25) is 5.02 Å². The number of furan rings is 1. The van der Waals surface area contributed by atoms with E-state index >= 15 is 0 Å². The Hall–Kier alpha value is -1.78. The molecule has 128 valence electrons. The summed E-state index contributed by atoms with van der Waals surface area (Å²) in [6.45, 7) is 5.00. The largest absolute Gasteiger partial charge is 0.456 e. The average Bonchev–Trinajstić information content (AvgIpc) is 2.93. The van der Waals surface area contributed by atoms with Gasteiger partial charge in [-0.15, -0.1) is 0 Å². The van der Waals surface area contributed by atoms with Crippen molar-refractivity contribution < 1.29 is 14.3 Å². The van der Waals surface area contributed by atoms with Gasteiger partial charge in [0.1, 0.15) is 5.76 Å². The van der Waals surface area contributed by atoms with Crippen molar-refractivity contribution in [2.24, 2.45) is 5.92 Å². The Morgan fingerprint density at radius 3 is 2.42 bits per heavy atom. The van der Waals surface area contributed by atoms with Crippen molar-refractivity contribution in [3.63, 3.8) is 0 Å². The number of amides is 1. The Labute approximate surface area is 147 Å². The molecular formula is C19H22ClNO3. The van der Waals surface area contributed by atoms with E-state index in [1.54, 1.807) is 12.1 Å². The SMILES string of the molecule is Cc1cc(C)c(C(=O)N2CCC(C(O)c3ccc(Cl)cc3)CC2)o1. The predicted molar refractivity (Wildman–Crippen MR) is 93.2 cm³/mol. The lowest BCUT2D eigenvalue weighted by atomic mass is 9.87. The maximum atomic E-state index is 12.6. The highest BCUT2D eigenvalue weighted by molar-refractivity contribution is 6.30. The smallest absolute Gasteiger partial charge is 0.289 e. The molecule has 0 spiro atoms. The fourth-order valence-electron chi connectivity index (χ4n) is 3.35. The molecule has 4 nitrogen and oxygen atoms in total. The number of hydrogen-bond donors (Lipinski definition) is 1. The molecule has 5 heteroatoms. The molecule has 0 aliphatic carbocycles. The molecule has 2 aromatic rings. The van der Waals surface area contributed by atoms with Crippen molar-refractivity contribution in [2.45, 2.75) is 32.8 Å². The Morgan fingerprint density at radius 2 is 1.88 bits per heavy atom. The van der Waals surface area contributed by atoms with Crippen LogP contribution in [-0.4, -0.2) is 29.0 Å². The van der Waals surface area contributed by atoms with Gasteiger partial charge in [-0.2, -0.15) is 0 Å². The monoisotopic (exact) mass is 347 g/mol. The fraction of sp³-hybridized carbons (Fsp3) is 0.421. The van der Waals surface area contributed by atoms with E-state index in [4.69, 9.17) is 16.0 Å². The quantitative estimate of drug-likeness (QED) is 0.908. The van der Waals surface area contributed by atoms with Gasteiger partial charge in [0.25, 0.3) is 5.91 Å². The Balaban J connectivity index is 1.62. The molecule has 1 aliphatic rings. The summed E-state index contributed by atoms with van der Waals surface area (Å²) >= 11 is 5.89. The van der Waals surface area contributed by atoms with Crippen LogP contribution in [-0.2, 0) is 0 Å². The number of carbonyl (C=O) groups is 1. The number of rotatable bonds is 3. The van der Waals surface area contributed by atoms with Crippen molar-refractivity contribution in [3.8, 4) is 0 Å². The normalized spacial score (nSPS) is 17.1. The van der Waals surface area contributed by atoms with E-state index in [0.717, 1.165) is 29.7 Å². The van der Waals surface area contributed by atoms with Crippen LogP contribution in [0.15, 0.2) is 34.7 Å². The van der Waals surface area contributed by atoms with Crippen LogP contribution in [0.3, 0.4) is 0 Å². The second-order valence-corrected chi connectivity index (χ2v) is 6.93. The molecule has 0 bridgehead atoms. The average molecular weight is 348 g/mol. The van der Waals surface area contributed by atoms with Crippen LogP contribution in [0.25, 0.3) is 0 Å². The van der Waals surface area contributed by atoms with E-state index in [2.05, 4.69) is 0 Å². The first-order chi connectivity index (χ1) is 11.5. The molecule has 1 N–H and O–H groups in total. The van der Waals surface area contributed by atoms with Crippen LogP contribution >= 0.6 is 11.6 Å². The Bertz CT molecular complexity index is 715. The first kappa shape index (κ1) is 17.1. The van der Waals surface area contributed by atoms with Crippen molar-refractivity contribution >= 4 is 17.5 Å². The van der Waals surface area contributed by atoms with E-state index in [1.807, 2.05) is 36.9 Å². The van der Waals surface area contributed by atoms with Gasteiger partial charge in [-0.1, -0.05) is 23.7 Å². The van der Waals surface area contributed by atoms with Crippen LogP contribution in [0.5, 0.6) is 0 Å². The van der Waals surface area contributed by atoms with Crippen molar-refractivity contribution in [1.82, 2.24) is 4.90 Å². The lowest BCUT2D eigenvalue weighted by Gasteiger charge is -2.34. The topological polar surface area (TPSA) is 53.7 Å². The molecule has 1 unspecified atom stereocenters. The molecule has 1 atom stereocenters. The minimum absolute atomic E-state index is 0.0555. The zero-order valence-corrected chi connectivity index (χ0v) is 14.7. The third kappa shape index (κ3) is 3.50. The van der Waals surface area contributed by atoms with Crippen LogP contribution in [0, 0.1) is 19.8 Å². The van der Waals surface area contributed by atoms with Crippen molar-refractivity contribution in [2.75, 3.05) is 13.1 Å². The summed E-state index contributed by atoms with van der Waals surface area (Å²) in [5.41, 5.74) is 1.75. The number of aryl methyl sites for hydroxylation is 2. The zero-order chi connectivity index (χ0) is 17.3. The summed E-state index contributed by atoms with van der Waals surface area (Å²) in [4.78, 5) is 14.4. The summed E-state index contributed by atoms with van der Waals surface area (Å²) in [5, 5.41) is 11.2. The lowest BCUT2D eigenvalue weighted by Crippen LogP contribution is -2.39. The summed E-state index contributed by atoms with van der Waals surface area (Å²) in [6, 6.07) is 9.19. The van der Waals surface area contributed by atoms with Gasteiger partial charge in [-0.05, 0) is 56.4 Å². The lowest BCUT2D eigenvalue weighted by molar-refractivity contribution is 0.0441. The number of carbonyl (C=O) groups excluding carboxylic acids is 1. The summed E-state index contributed by atoms with van der Waals surface area (Å²) in [5.74, 6) is 1.28. The molecular weight excluding hydrogens is 326 g/mol. The molecule has 0 saturated carbocycles. The highest BCUT2D eigenvalue weighted by Gasteiger charge is 2.30. The minimum atomic E-state index is -0.521. The van der Waals surface area contributed by atoms with Crippen LogP contribution in [0.1, 0.15) is 46.4 Å². The summed E-state index contributed by atoms with van der Waals surface area (Å²) in [6.07, 6.45) is 1.02. The van der Waals surface area contributed by atoms with Crippen molar-refractivity contribution in [1.29, 1.82) is 0 Å².